The molecule has 1 heterocycles. The van der Waals surface area contributed by atoms with E-state index in [2.05, 4.69) is 10.5 Å². The van der Waals surface area contributed by atoms with Gasteiger partial charge in [0.1, 0.15) is 18.1 Å². The first-order chi connectivity index (χ1) is 9.97. The van der Waals surface area contributed by atoms with Crippen molar-refractivity contribution in [2.75, 3.05) is 0 Å². The highest BCUT2D eigenvalue weighted by Crippen LogP contribution is 2.18. The molecule has 0 radical (unpaired) electrons. The Labute approximate surface area is 124 Å². The summed E-state index contributed by atoms with van der Waals surface area (Å²) in [7, 11) is 0. The van der Waals surface area contributed by atoms with E-state index in [0.717, 1.165) is 17.0 Å². The highest BCUT2D eigenvalue weighted by atomic mass is 16.5. The molecule has 0 aliphatic carbocycles. The standard InChI is InChI=1S/C16H20N2O3/c1-10(2)17-16(19)13-6-5-7-14(8-13)20-9-15-11(3)18-21-12(15)4/h5-8,10H,9H2,1-4H3,(H,17,19). The van der Waals surface area contributed by atoms with Gasteiger partial charge in [0.25, 0.3) is 5.91 Å². The molecular formula is C16H20N2O3. The molecule has 1 aromatic heterocycles. The number of carbonyl (C=O) groups is 1. The lowest BCUT2D eigenvalue weighted by atomic mass is 10.2. The van der Waals surface area contributed by atoms with Crippen LogP contribution in [0, 0.1) is 13.8 Å². The Morgan fingerprint density at radius 2 is 2.14 bits per heavy atom. The largest absolute Gasteiger partial charge is 0.489 e. The second kappa shape index (κ2) is 6.43. The summed E-state index contributed by atoms with van der Waals surface area (Å²) in [6, 6.07) is 7.22. The third-order valence-corrected chi connectivity index (χ3v) is 3.08. The van der Waals surface area contributed by atoms with Gasteiger partial charge in [0, 0.05) is 11.6 Å². The summed E-state index contributed by atoms with van der Waals surface area (Å²) in [5.41, 5.74) is 2.34. The monoisotopic (exact) mass is 288 g/mol. The lowest BCUT2D eigenvalue weighted by molar-refractivity contribution is 0.0942. The minimum atomic E-state index is -0.104. The second-order valence-corrected chi connectivity index (χ2v) is 5.25. The molecule has 0 aliphatic heterocycles. The van der Waals surface area contributed by atoms with E-state index in [1.165, 1.54) is 0 Å². The lowest BCUT2D eigenvalue weighted by Gasteiger charge is -2.10. The molecule has 0 fully saturated rings. The van der Waals surface area contributed by atoms with Crippen LogP contribution in [0.25, 0.3) is 0 Å². The maximum atomic E-state index is 12.0. The molecule has 1 amide bonds. The number of ether oxygens (including phenoxy) is 1. The molecule has 1 aromatic carbocycles. The fourth-order valence-corrected chi connectivity index (χ4v) is 1.94. The zero-order chi connectivity index (χ0) is 15.4. The van der Waals surface area contributed by atoms with E-state index < -0.39 is 0 Å². The summed E-state index contributed by atoms with van der Waals surface area (Å²) < 4.78 is 10.8. The number of aromatic nitrogens is 1. The van der Waals surface area contributed by atoms with Crippen molar-refractivity contribution in [3.63, 3.8) is 0 Å². The lowest BCUT2D eigenvalue weighted by Crippen LogP contribution is -2.30. The Morgan fingerprint density at radius 1 is 1.38 bits per heavy atom. The van der Waals surface area contributed by atoms with Crippen LogP contribution >= 0.6 is 0 Å². The summed E-state index contributed by atoms with van der Waals surface area (Å²) in [4.78, 5) is 12.0. The Hall–Kier alpha value is -2.30. The molecule has 0 spiro atoms. The van der Waals surface area contributed by atoms with E-state index in [1.807, 2.05) is 33.8 Å². The van der Waals surface area contributed by atoms with E-state index in [9.17, 15) is 4.79 Å². The Morgan fingerprint density at radius 3 is 2.76 bits per heavy atom. The number of rotatable bonds is 5. The summed E-state index contributed by atoms with van der Waals surface area (Å²) in [5, 5.41) is 6.74. The van der Waals surface area contributed by atoms with Crippen molar-refractivity contribution in [1.29, 1.82) is 0 Å². The number of nitrogens with one attached hydrogen (secondary N) is 1. The highest BCUT2D eigenvalue weighted by molar-refractivity contribution is 5.94. The van der Waals surface area contributed by atoms with Gasteiger partial charge in [-0.25, -0.2) is 0 Å². The average Bonchev–Trinajstić information content (AvgIpc) is 2.75. The van der Waals surface area contributed by atoms with Gasteiger partial charge in [-0.05, 0) is 45.9 Å². The summed E-state index contributed by atoms with van der Waals surface area (Å²) in [6.45, 7) is 7.95. The van der Waals surface area contributed by atoms with Crippen LogP contribution < -0.4 is 10.1 Å². The van der Waals surface area contributed by atoms with E-state index in [1.54, 1.807) is 18.2 Å². The summed E-state index contributed by atoms with van der Waals surface area (Å²) in [6.07, 6.45) is 0. The highest BCUT2D eigenvalue weighted by Gasteiger charge is 2.11. The van der Waals surface area contributed by atoms with Crippen molar-refractivity contribution < 1.29 is 14.1 Å². The van der Waals surface area contributed by atoms with Crippen molar-refractivity contribution in [1.82, 2.24) is 10.5 Å². The van der Waals surface area contributed by atoms with Gasteiger partial charge in [0.2, 0.25) is 0 Å². The number of carbonyl (C=O) groups excluding carboxylic acids is 1. The van der Waals surface area contributed by atoms with Gasteiger partial charge >= 0.3 is 0 Å². The third kappa shape index (κ3) is 3.84. The number of hydrogen-bond donors (Lipinski definition) is 1. The number of aryl methyl sites for hydroxylation is 2. The molecule has 5 nitrogen and oxygen atoms in total. The van der Waals surface area contributed by atoms with Gasteiger partial charge in [-0.1, -0.05) is 11.2 Å². The maximum absolute atomic E-state index is 12.0. The fraction of sp³-hybridized carbons (Fsp3) is 0.375. The Balaban J connectivity index is 2.06. The van der Waals surface area contributed by atoms with Gasteiger partial charge in [-0.2, -0.15) is 0 Å². The van der Waals surface area contributed by atoms with Crippen LogP contribution in [0.2, 0.25) is 0 Å². The minimum Gasteiger partial charge on any atom is -0.489 e. The van der Waals surface area contributed by atoms with Crippen LogP contribution in [-0.4, -0.2) is 17.1 Å². The SMILES string of the molecule is Cc1noc(C)c1COc1cccc(C(=O)NC(C)C)c1. The molecule has 0 saturated carbocycles. The van der Waals surface area contributed by atoms with Crippen molar-refractivity contribution >= 4 is 5.91 Å². The molecule has 21 heavy (non-hydrogen) atoms. The molecule has 112 valence electrons. The Bertz CT molecular complexity index is 613. The van der Waals surface area contributed by atoms with Crippen molar-refractivity contribution in [2.45, 2.75) is 40.3 Å². The van der Waals surface area contributed by atoms with E-state index >= 15 is 0 Å². The fourth-order valence-electron chi connectivity index (χ4n) is 1.94. The molecule has 2 aromatic rings. The molecule has 1 N–H and O–H groups in total. The van der Waals surface area contributed by atoms with Crippen LogP contribution in [-0.2, 0) is 6.61 Å². The summed E-state index contributed by atoms with van der Waals surface area (Å²) in [5.74, 6) is 1.29. The van der Waals surface area contributed by atoms with Crippen molar-refractivity contribution in [2.24, 2.45) is 0 Å². The molecule has 0 saturated heterocycles. The minimum absolute atomic E-state index is 0.101. The molecular weight excluding hydrogens is 268 g/mol. The Kier molecular flexibility index (Phi) is 4.62. The van der Waals surface area contributed by atoms with Crippen LogP contribution in [0.1, 0.15) is 41.2 Å². The van der Waals surface area contributed by atoms with Crippen LogP contribution in [0.5, 0.6) is 5.75 Å². The third-order valence-electron chi connectivity index (χ3n) is 3.08. The van der Waals surface area contributed by atoms with Gasteiger partial charge in [0.05, 0.1) is 11.3 Å². The van der Waals surface area contributed by atoms with E-state index in [-0.39, 0.29) is 11.9 Å². The second-order valence-electron chi connectivity index (χ2n) is 5.25. The van der Waals surface area contributed by atoms with Gasteiger partial charge in [-0.3, -0.25) is 4.79 Å². The predicted molar refractivity (Wildman–Crippen MR) is 79.4 cm³/mol. The van der Waals surface area contributed by atoms with E-state index in [0.29, 0.717) is 17.9 Å². The van der Waals surface area contributed by atoms with Crippen molar-refractivity contribution in [3.8, 4) is 5.75 Å². The number of amides is 1. The predicted octanol–water partition coefficient (Wildman–Crippen LogP) is 3.01. The first-order valence-electron chi connectivity index (χ1n) is 6.93. The smallest absolute Gasteiger partial charge is 0.251 e. The first-order valence-corrected chi connectivity index (χ1v) is 6.93. The van der Waals surface area contributed by atoms with Crippen molar-refractivity contribution in [3.05, 3.63) is 46.8 Å². The zero-order valence-electron chi connectivity index (χ0n) is 12.8. The quantitative estimate of drug-likeness (QED) is 0.918. The number of hydrogen-bond acceptors (Lipinski definition) is 4. The molecule has 0 aliphatic rings. The number of nitrogens with zero attached hydrogens (tertiary/aromatic N) is 1. The maximum Gasteiger partial charge on any atom is 0.251 e. The molecule has 0 atom stereocenters. The number of benzene rings is 1. The molecule has 0 bridgehead atoms. The topological polar surface area (TPSA) is 64.4 Å². The van der Waals surface area contributed by atoms with E-state index in [4.69, 9.17) is 9.26 Å². The van der Waals surface area contributed by atoms with Crippen LogP contribution in [0.4, 0.5) is 0 Å². The van der Waals surface area contributed by atoms with Gasteiger partial charge in [-0.15, -0.1) is 0 Å². The molecule has 5 heteroatoms. The zero-order valence-corrected chi connectivity index (χ0v) is 12.8. The first kappa shape index (κ1) is 15.1. The average molecular weight is 288 g/mol. The summed E-state index contributed by atoms with van der Waals surface area (Å²) >= 11 is 0. The van der Waals surface area contributed by atoms with Gasteiger partial charge in [0.15, 0.2) is 0 Å². The molecule has 2 rings (SSSR count). The van der Waals surface area contributed by atoms with Gasteiger partial charge < -0.3 is 14.6 Å². The normalized spacial score (nSPS) is 10.7. The van der Waals surface area contributed by atoms with Crippen LogP contribution in [0.3, 0.4) is 0 Å². The molecule has 0 unspecified atom stereocenters. The van der Waals surface area contributed by atoms with Crippen LogP contribution in [0.15, 0.2) is 28.8 Å².